The number of carbonyl (C=O) groups is 2. The van der Waals surface area contributed by atoms with Crippen molar-refractivity contribution >= 4 is 40.1 Å². The standard InChI is InChI=1S/C28H28FN3O5S/c1-35-22-11-9-20(10-12-22)30-26(33)17-25-27(34)32(28(38-25)31-21-7-5-19(29)6-8-21)15-14-18-4-13-23(36-2)24(16-18)37-3/h4-13,16,25H,14-15,17H2,1-3H3,(H,30,33)/t25-/m0/s1. The second-order valence-corrected chi connectivity index (χ2v) is 9.56. The lowest BCUT2D eigenvalue weighted by molar-refractivity contribution is -0.128. The Bertz CT molecular complexity index is 1320. The maximum atomic E-state index is 13.4. The number of nitrogens with one attached hydrogen (secondary N) is 1. The van der Waals surface area contributed by atoms with Gasteiger partial charge in [-0.05, 0) is 72.6 Å². The molecule has 0 spiro atoms. The van der Waals surface area contributed by atoms with Gasteiger partial charge in [0.25, 0.3) is 0 Å². The SMILES string of the molecule is COc1ccc(NC(=O)C[C@@H]2SC(=Nc3ccc(F)cc3)N(CCc3ccc(OC)c(OC)c3)C2=O)cc1. The summed E-state index contributed by atoms with van der Waals surface area (Å²) >= 11 is 1.23. The molecule has 3 aromatic carbocycles. The Labute approximate surface area is 224 Å². The molecule has 0 aromatic heterocycles. The molecule has 1 aliphatic rings. The van der Waals surface area contributed by atoms with Crippen molar-refractivity contribution in [2.24, 2.45) is 4.99 Å². The van der Waals surface area contributed by atoms with Crippen molar-refractivity contribution in [1.29, 1.82) is 0 Å². The molecule has 0 aliphatic carbocycles. The third-order valence-electron chi connectivity index (χ3n) is 5.89. The fraction of sp³-hybridized carbons (Fsp3) is 0.250. The number of carbonyl (C=O) groups excluding carboxylic acids is 2. The lowest BCUT2D eigenvalue weighted by atomic mass is 10.1. The van der Waals surface area contributed by atoms with Gasteiger partial charge in [-0.3, -0.25) is 14.5 Å². The second-order valence-electron chi connectivity index (χ2n) is 8.39. The molecule has 4 rings (SSSR count). The van der Waals surface area contributed by atoms with Gasteiger partial charge in [0.15, 0.2) is 16.7 Å². The maximum Gasteiger partial charge on any atom is 0.242 e. The van der Waals surface area contributed by atoms with Crippen molar-refractivity contribution in [1.82, 2.24) is 4.90 Å². The van der Waals surface area contributed by atoms with E-state index in [0.29, 0.717) is 46.8 Å². The van der Waals surface area contributed by atoms with Gasteiger partial charge in [0.05, 0.1) is 27.0 Å². The summed E-state index contributed by atoms with van der Waals surface area (Å²) in [4.78, 5) is 32.3. The minimum absolute atomic E-state index is 0.0230. The summed E-state index contributed by atoms with van der Waals surface area (Å²) in [7, 11) is 4.70. The van der Waals surface area contributed by atoms with Gasteiger partial charge in [-0.2, -0.15) is 0 Å². The van der Waals surface area contributed by atoms with Gasteiger partial charge >= 0.3 is 0 Å². The van der Waals surface area contributed by atoms with E-state index in [4.69, 9.17) is 14.2 Å². The average Bonchev–Trinajstić information content (AvgIpc) is 3.21. The summed E-state index contributed by atoms with van der Waals surface area (Å²) in [6, 6.07) is 18.3. The van der Waals surface area contributed by atoms with Crippen molar-refractivity contribution in [3.05, 3.63) is 78.1 Å². The number of hydrogen-bond donors (Lipinski definition) is 1. The predicted octanol–water partition coefficient (Wildman–Crippen LogP) is 5.05. The highest BCUT2D eigenvalue weighted by Gasteiger charge is 2.39. The summed E-state index contributed by atoms with van der Waals surface area (Å²) in [5.41, 5.74) is 2.07. The van der Waals surface area contributed by atoms with Gasteiger partial charge in [-0.15, -0.1) is 0 Å². The average molecular weight is 538 g/mol. The topological polar surface area (TPSA) is 89.5 Å². The molecule has 0 radical (unpaired) electrons. The summed E-state index contributed by atoms with van der Waals surface area (Å²) in [5.74, 6) is 1.02. The Morgan fingerprint density at radius 3 is 2.34 bits per heavy atom. The van der Waals surface area contributed by atoms with E-state index in [1.165, 1.54) is 23.9 Å². The zero-order valence-electron chi connectivity index (χ0n) is 21.3. The predicted molar refractivity (Wildman–Crippen MR) is 146 cm³/mol. The largest absolute Gasteiger partial charge is 0.497 e. The van der Waals surface area contributed by atoms with E-state index >= 15 is 0 Å². The molecule has 1 heterocycles. The number of rotatable bonds is 10. The van der Waals surface area contributed by atoms with E-state index < -0.39 is 5.25 Å². The number of nitrogens with zero attached hydrogens (tertiary/aromatic N) is 2. The van der Waals surface area contributed by atoms with Gasteiger partial charge in [0.1, 0.15) is 16.8 Å². The minimum Gasteiger partial charge on any atom is -0.497 e. The molecule has 3 aromatic rings. The lowest BCUT2D eigenvalue weighted by Crippen LogP contribution is -2.35. The summed E-state index contributed by atoms with van der Waals surface area (Å²) in [6.07, 6.45) is 0.505. The zero-order valence-corrected chi connectivity index (χ0v) is 22.1. The van der Waals surface area contributed by atoms with Crippen LogP contribution in [-0.4, -0.2) is 55.0 Å². The Balaban J connectivity index is 1.50. The molecule has 1 aliphatic heterocycles. The van der Waals surface area contributed by atoms with Crippen LogP contribution in [0.15, 0.2) is 71.7 Å². The van der Waals surface area contributed by atoms with Gasteiger partial charge in [0.2, 0.25) is 11.8 Å². The zero-order chi connectivity index (χ0) is 27.1. The van der Waals surface area contributed by atoms with Gasteiger partial charge in [-0.25, -0.2) is 9.38 Å². The van der Waals surface area contributed by atoms with Gasteiger partial charge in [-0.1, -0.05) is 17.8 Å². The van der Waals surface area contributed by atoms with Crippen LogP contribution in [0.1, 0.15) is 12.0 Å². The minimum atomic E-state index is -0.641. The number of halogens is 1. The fourth-order valence-corrected chi connectivity index (χ4v) is 5.07. The highest BCUT2D eigenvalue weighted by molar-refractivity contribution is 8.15. The van der Waals surface area contributed by atoms with Crippen LogP contribution < -0.4 is 19.5 Å². The smallest absolute Gasteiger partial charge is 0.242 e. The number of benzene rings is 3. The number of thioether (sulfide) groups is 1. The number of hydrogen-bond acceptors (Lipinski definition) is 7. The van der Waals surface area contributed by atoms with Gasteiger partial charge < -0.3 is 19.5 Å². The number of amides is 2. The molecule has 2 amide bonds. The van der Waals surface area contributed by atoms with Crippen LogP contribution in [-0.2, 0) is 16.0 Å². The van der Waals surface area contributed by atoms with Crippen molar-refractivity contribution < 1.29 is 28.2 Å². The molecular formula is C28H28FN3O5S. The van der Waals surface area contributed by atoms with Crippen molar-refractivity contribution in [3.8, 4) is 17.2 Å². The van der Waals surface area contributed by atoms with Crippen LogP contribution >= 0.6 is 11.8 Å². The van der Waals surface area contributed by atoms with E-state index in [2.05, 4.69) is 10.3 Å². The third kappa shape index (κ3) is 6.63. The van der Waals surface area contributed by atoms with Crippen LogP contribution in [0, 0.1) is 5.82 Å². The van der Waals surface area contributed by atoms with E-state index in [1.807, 2.05) is 18.2 Å². The number of anilines is 1. The number of ether oxygens (including phenoxy) is 3. The van der Waals surface area contributed by atoms with Crippen LogP contribution in [0.4, 0.5) is 15.8 Å². The molecule has 38 heavy (non-hydrogen) atoms. The first-order valence-electron chi connectivity index (χ1n) is 11.9. The Morgan fingerprint density at radius 2 is 1.68 bits per heavy atom. The van der Waals surface area contributed by atoms with Crippen LogP contribution in [0.2, 0.25) is 0 Å². The Morgan fingerprint density at radius 1 is 0.974 bits per heavy atom. The van der Waals surface area contributed by atoms with Crippen molar-refractivity contribution in [3.63, 3.8) is 0 Å². The van der Waals surface area contributed by atoms with Gasteiger partial charge in [0, 0.05) is 18.7 Å². The second kappa shape index (κ2) is 12.5. The quantitative estimate of drug-likeness (QED) is 0.389. The molecule has 0 saturated carbocycles. The number of methoxy groups -OCH3 is 3. The molecular weight excluding hydrogens is 509 g/mol. The first-order chi connectivity index (χ1) is 18.4. The summed E-state index contributed by atoms with van der Waals surface area (Å²) in [6.45, 7) is 0.345. The van der Waals surface area contributed by atoms with Crippen LogP contribution in [0.25, 0.3) is 0 Å². The Kier molecular flexibility index (Phi) is 8.85. The van der Waals surface area contributed by atoms with Crippen LogP contribution in [0.5, 0.6) is 17.2 Å². The highest BCUT2D eigenvalue weighted by Crippen LogP contribution is 2.33. The van der Waals surface area contributed by atoms with Crippen LogP contribution in [0.3, 0.4) is 0 Å². The summed E-state index contributed by atoms with van der Waals surface area (Å²) < 4.78 is 29.2. The molecule has 10 heteroatoms. The first-order valence-corrected chi connectivity index (χ1v) is 12.7. The fourth-order valence-electron chi connectivity index (χ4n) is 3.89. The molecule has 0 unspecified atom stereocenters. The monoisotopic (exact) mass is 537 g/mol. The van der Waals surface area contributed by atoms with E-state index in [0.717, 1.165) is 5.56 Å². The van der Waals surface area contributed by atoms with E-state index in [1.54, 1.807) is 62.6 Å². The lowest BCUT2D eigenvalue weighted by Gasteiger charge is -2.17. The number of aliphatic imine (C=N–C) groups is 1. The molecule has 1 atom stereocenters. The van der Waals surface area contributed by atoms with Crippen molar-refractivity contribution in [2.75, 3.05) is 33.2 Å². The normalized spacial score (nSPS) is 16.0. The Hall–Kier alpha value is -4.05. The van der Waals surface area contributed by atoms with E-state index in [-0.39, 0.29) is 24.1 Å². The highest BCUT2D eigenvalue weighted by atomic mass is 32.2. The molecule has 8 nitrogen and oxygen atoms in total. The molecule has 1 saturated heterocycles. The molecule has 1 N–H and O–H groups in total. The number of amidine groups is 1. The maximum absolute atomic E-state index is 13.4. The molecule has 1 fully saturated rings. The summed E-state index contributed by atoms with van der Waals surface area (Å²) in [5, 5.41) is 2.64. The first kappa shape index (κ1) is 27.0. The molecule has 198 valence electrons. The van der Waals surface area contributed by atoms with Crippen molar-refractivity contribution in [2.45, 2.75) is 18.1 Å². The van der Waals surface area contributed by atoms with E-state index in [9.17, 15) is 14.0 Å². The molecule has 0 bridgehead atoms. The third-order valence-corrected chi connectivity index (χ3v) is 7.06.